The Labute approximate surface area is 85.1 Å². The first-order valence-electron chi connectivity index (χ1n) is 5.15. The van der Waals surface area contributed by atoms with Crippen molar-refractivity contribution in [1.29, 1.82) is 0 Å². The maximum absolute atomic E-state index is 5.88. The average molecular weight is 191 g/mol. The molecule has 2 N–H and O–H groups in total. The molecule has 0 saturated heterocycles. The Kier molecular flexibility index (Phi) is 2.46. The first kappa shape index (κ1) is 9.53. The second kappa shape index (κ2) is 3.62. The molecule has 0 amide bonds. The molecular formula is C12H17NO. The molecule has 1 aromatic carbocycles. The van der Waals surface area contributed by atoms with Gasteiger partial charge in [-0.05, 0) is 31.4 Å². The van der Waals surface area contributed by atoms with E-state index in [4.69, 9.17) is 10.5 Å². The normalized spacial score (nSPS) is 22.4. The Bertz CT molecular complexity index is 333. The third kappa shape index (κ3) is 1.62. The number of para-hydroxylation sites is 1. The number of ether oxygens (including phenoxy) is 1. The number of hydrogen-bond acceptors (Lipinski definition) is 2. The average Bonchev–Trinajstić information content (AvgIpc) is 2.17. The molecule has 1 aliphatic heterocycles. The molecule has 14 heavy (non-hydrogen) atoms. The lowest BCUT2D eigenvalue weighted by Crippen LogP contribution is -2.35. The summed E-state index contributed by atoms with van der Waals surface area (Å²) in [6.45, 7) is 4.90. The minimum absolute atomic E-state index is 0.212. The van der Waals surface area contributed by atoms with E-state index in [0.717, 1.165) is 18.8 Å². The Morgan fingerprint density at radius 3 is 3.00 bits per heavy atom. The van der Waals surface area contributed by atoms with E-state index in [9.17, 15) is 0 Å². The molecule has 76 valence electrons. The van der Waals surface area contributed by atoms with Crippen LogP contribution >= 0.6 is 0 Å². The fraction of sp³-hybridized carbons (Fsp3) is 0.500. The van der Waals surface area contributed by atoms with Gasteiger partial charge in [0, 0.05) is 12.0 Å². The Hall–Kier alpha value is -1.02. The van der Waals surface area contributed by atoms with Crippen molar-refractivity contribution in [1.82, 2.24) is 0 Å². The topological polar surface area (TPSA) is 35.2 Å². The van der Waals surface area contributed by atoms with E-state index in [2.05, 4.69) is 32.0 Å². The molecule has 0 aromatic heterocycles. The van der Waals surface area contributed by atoms with Gasteiger partial charge in [0.2, 0.25) is 0 Å². The van der Waals surface area contributed by atoms with Crippen LogP contribution in [0.15, 0.2) is 18.2 Å². The van der Waals surface area contributed by atoms with Crippen molar-refractivity contribution >= 4 is 0 Å². The van der Waals surface area contributed by atoms with Gasteiger partial charge in [0.15, 0.2) is 0 Å². The summed E-state index contributed by atoms with van der Waals surface area (Å²) in [6.07, 6.45) is 1.05. The quantitative estimate of drug-likeness (QED) is 0.735. The van der Waals surface area contributed by atoms with Crippen molar-refractivity contribution in [3.63, 3.8) is 0 Å². The molecule has 1 heterocycles. The van der Waals surface area contributed by atoms with Gasteiger partial charge < -0.3 is 10.5 Å². The van der Waals surface area contributed by atoms with Crippen LogP contribution in [0.3, 0.4) is 0 Å². The van der Waals surface area contributed by atoms with Crippen LogP contribution in [0.1, 0.15) is 18.1 Å². The second-order valence-corrected chi connectivity index (χ2v) is 4.20. The van der Waals surface area contributed by atoms with Crippen LogP contribution in [-0.2, 0) is 6.42 Å². The molecule has 0 radical (unpaired) electrons. The highest BCUT2D eigenvalue weighted by Gasteiger charge is 2.23. The molecule has 2 heteroatoms. The van der Waals surface area contributed by atoms with Gasteiger partial charge in [0.1, 0.15) is 5.75 Å². The van der Waals surface area contributed by atoms with Crippen molar-refractivity contribution in [3.05, 3.63) is 29.3 Å². The van der Waals surface area contributed by atoms with Crippen LogP contribution in [0, 0.1) is 12.8 Å². The smallest absolute Gasteiger partial charge is 0.125 e. The van der Waals surface area contributed by atoms with Gasteiger partial charge in [-0.15, -0.1) is 0 Å². The summed E-state index contributed by atoms with van der Waals surface area (Å²) >= 11 is 0. The van der Waals surface area contributed by atoms with Crippen molar-refractivity contribution in [3.8, 4) is 5.75 Å². The summed E-state index contributed by atoms with van der Waals surface area (Å²) in [7, 11) is 0. The lowest BCUT2D eigenvalue weighted by molar-refractivity contribution is 0.203. The van der Waals surface area contributed by atoms with Crippen LogP contribution in [0.5, 0.6) is 5.75 Å². The number of aryl methyl sites for hydroxylation is 1. The fourth-order valence-corrected chi connectivity index (χ4v) is 1.95. The standard InChI is InChI=1S/C12H17NO/c1-8-4-3-5-10-6-11(9(2)13)7-14-12(8)10/h3-5,9,11H,6-7,13H2,1-2H3/t9-,11?/m0/s1. The Morgan fingerprint density at radius 2 is 2.29 bits per heavy atom. The predicted octanol–water partition coefficient (Wildman–Crippen LogP) is 1.89. The van der Waals surface area contributed by atoms with Crippen LogP contribution in [-0.4, -0.2) is 12.6 Å². The highest BCUT2D eigenvalue weighted by atomic mass is 16.5. The molecular weight excluding hydrogens is 174 g/mol. The maximum Gasteiger partial charge on any atom is 0.125 e. The molecule has 0 fully saturated rings. The lowest BCUT2D eigenvalue weighted by Gasteiger charge is -2.28. The second-order valence-electron chi connectivity index (χ2n) is 4.20. The third-order valence-electron chi connectivity index (χ3n) is 2.96. The van der Waals surface area contributed by atoms with E-state index < -0.39 is 0 Å². The van der Waals surface area contributed by atoms with Crippen molar-refractivity contribution in [2.24, 2.45) is 11.7 Å². The van der Waals surface area contributed by atoms with Gasteiger partial charge >= 0.3 is 0 Å². The maximum atomic E-state index is 5.88. The summed E-state index contributed by atoms with van der Waals surface area (Å²) in [5.41, 5.74) is 8.41. The van der Waals surface area contributed by atoms with Crippen molar-refractivity contribution in [2.45, 2.75) is 26.3 Å². The van der Waals surface area contributed by atoms with Gasteiger partial charge in [-0.1, -0.05) is 18.2 Å². The minimum Gasteiger partial charge on any atom is -0.493 e. The Morgan fingerprint density at radius 1 is 1.50 bits per heavy atom. The van der Waals surface area contributed by atoms with Gasteiger partial charge in [-0.3, -0.25) is 0 Å². The molecule has 2 rings (SSSR count). The van der Waals surface area contributed by atoms with E-state index in [1.807, 2.05) is 0 Å². The van der Waals surface area contributed by atoms with Crippen molar-refractivity contribution < 1.29 is 4.74 Å². The first-order valence-corrected chi connectivity index (χ1v) is 5.15. The molecule has 0 aliphatic carbocycles. The highest BCUT2D eigenvalue weighted by Crippen LogP contribution is 2.30. The van der Waals surface area contributed by atoms with E-state index in [1.54, 1.807) is 0 Å². The zero-order chi connectivity index (χ0) is 10.1. The zero-order valence-electron chi connectivity index (χ0n) is 8.79. The molecule has 1 aliphatic rings. The van der Waals surface area contributed by atoms with Crippen LogP contribution in [0.2, 0.25) is 0 Å². The predicted molar refractivity (Wildman–Crippen MR) is 57.5 cm³/mol. The molecule has 0 saturated carbocycles. The first-order chi connectivity index (χ1) is 6.68. The number of benzene rings is 1. The Balaban J connectivity index is 2.27. The monoisotopic (exact) mass is 191 g/mol. The molecule has 2 atom stereocenters. The summed E-state index contributed by atoms with van der Waals surface area (Å²) < 4.78 is 5.75. The fourth-order valence-electron chi connectivity index (χ4n) is 1.95. The molecule has 0 spiro atoms. The van der Waals surface area contributed by atoms with Crippen LogP contribution in [0.4, 0.5) is 0 Å². The van der Waals surface area contributed by atoms with Crippen molar-refractivity contribution in [2.75, 3.05) is 6.61 Å². The van der Waals surface area contributed by atoms with Gasteiger partial charge in [0.05, 0.1) is 6.61 Å². The molecule has 2 nitrogen and oxygen atoms in total. The van der Waals surface area contributed by atoms with E-state index in [-0.39, 0.29) is 6.04 Å². The number of fused-ring (bicyclic) bond motifs is 1. The molecule has 1 unspecified atom stereocenters. The van der Waals surface area contributed by atoms with Gasteiger partial charge in [-0.2, -0.15) is 0 Å². The van der Waals surface area contributed by atoms with Crippen LogP contribution in [0.25, 0.3) is 0 Å². The lowest BCUT2D eigenvalue weighted by atomic mass is 9.91. The third-order valence-corrected chi connectivity index (χ3v) is 2.96. The zero-order valence-corrected chi connectivity index (χ0v) is 8.79. The molecule has 1 aromatic rings. The summed E-state index contributed by atoms with van der Waals surface area (Å²) in [4.78, 5) is 0. The van der Waals surface area contributed by atoms with Gasteiger partial charge in [0.25, 0.3) is 0 Å². The van der Waals surface area contributed by atoms with Gasteiger partial charge in [-0.25, -0.2) is 0 Å². The number of hydrogen-bond donors (Lipinski definition) is 1. The largest absolute Gasteiger partial charge is 0.493 e. The summed E-state index contributed by atoms with van der Waals surface area (Å²) in [5, 5.41) is 0. The van der Waals surface area contributed by atoms with E-state index >= 15 is 0 Å². The SMILES string of the molecule is Cc1cccc2c1OCC([C@H](C)N)C2. The number of rotatable bonds is 1. The highest BCUT2D eigenvalue weighted by molar-refractivity contribution is 5.42. The van der Waals surface area contributed by atoms with E-state index in [0.29, 0.717) is 5.92 Å². The van der Waals surface area contributed by atoms with E-state index in [1.165, 1.54) is 11.1 Å². The number of nitrogens with two attached hydrogens (primary N) is 1. The molecule has 0 bridgehead atoms. The minimum atomic E-state index is 0.212. The summed E-state index contributed by atoms with van der Waals surface area (Å²) in [6, 6.07) is 6.52. The van der Waals surface area contributed by atoms with Crippen LogP contribution < -0.4 is 10.5 Å². The summed E-state index contributed by atoms with van der Waals surface area (Å²) in [5.74, 6) is 1.54.